The molecular weight excluding hydrogens is 464 g/mol. The summed E-state index contributed by atoms with van der Waals surface area (Å²) >= 11 is 1.30. The summed E-state index contributed by atoms with van der Waals surface area (Å²) < 4.78 is 11.9. The van der Waals surface area contributed by atoms with Crippen LogP contribution in [0.3, 0.4) is 0 Å². The molecule has 0 aliphatic rings. The summed E-state index contributed by atoms with van der Waals surface area (Å²) in [6.07, 6.45) is 0.575. The summed E-state index contributed by atoms with van der Waals surface area (Å²) in [5, 5.41) is 12.2. The van der Waals surface area contributed by atoms with E-state index in [0.717, 1.165) is 22.8 Å². The van der Waals surface area contributed by atoms with E-state index in [0.29, 0.717) is 22.8 Å². The zero-order valence-corrected chi connectivity index (χ0v) is 20.1. The van der Waals surface area contributed by atoms with Crippen LogP contribution in [0.15, 0.2) is 84.0 Å². The predicted molar refractivity (Wildman–Crippen MR) is 134 cm³/mol. The molecule has 0 atom stereocenters. The van der Waals surface area contributed by atoms with Gasteiger partial charge in [0.05, 0.1) is 25.5 Å². The molecular formula is C26H24N4O4S. The van der Waals surface area contributed by atoms with Crippen molar-refractivity contribution in [2.24, 2.45) is 0 Å². The summed E-state index contributed by atoms with van der Waals surface area (Å²) in [4.78, 5) is 24.1. The Hall–Kier alpha value is -4.11. The highest BCUT2D eigenvalue weighted by atomic mass is 32.2. The minimum absolute atomic E-state index is 0.145. The molecule has 4 rings (SSSR count). The zero-order chi connectivity index (χ0) is 24.6. The van der Waals surface area contributed by atoms with Crippen molar-refractivity contribution in [1.82, 2.24) is 14.8 Å². The lowest BCUT2D eigenvalue weighted by Crippen LogP contribution is -2.15. The number of hydrogen-bond donors (Lipinski definition) is 1. The monoisotopic (exact) mass is 488 g/mol. The maximum atomic E-state index is 12.6. The van der Waals surface area contributed by atoms with Crippen molar-refractivity contribution in [3.05, 3.63) is 95.8 Å². The number of anilines is 1. The summed E-state index contributed by atoms with van der Waals surface area (Å²) in [5.41, 5.74) is 3.00. The highest BCUT2D eigenvalue weighted by Crippen LogP contribution is 2.24. The number of methoxy groups -OCH3 is 2. The number of benzene rings is 3. The molecule has 0 aliphatic carbocycles. The first kappa shape index (κ1) is 24.0. The lowest BCUT2D eigenvalue weighted by atomic mass is 10.1. The van der Waals surface area contributed by atoms with Crippen LogP contribution in [0.2, 0.25) is 0 Å². The SMILES string of the molecule is COC(=O)c1ccc(NC(=O)CSc2nnc(Cc3ccc(OC)cc3)n2-c2ccccc2)cc1. The molecule has 1 amide bonds. The van der Waals surface area contributed by atoms with E-state index in [9.17, 15) is 9.59 Å². The highest BCUT2D eigenvalue weighted by molar-refractivity contribution is 7.99. The van der Waals surface area contributed by atoms with Crippen LogP contribution in [-0.4, -0.2) is 46.6 Å². The molecule has 0 bridgehead atoms. The fourth-order valence-corrected chi connectivity index (χ4v) is 4.18. The van der Waals surface area contributed by atoms with Crippen LogP contribution in [0.5, 0.6) is 5.75 Å². The number of carbonyl (C=O) groups is 2. The Morgan fingerprint density at radius 2 is 1.63 bits per heavy atom. The maximum Gasteiger partial charge on any atom is 0.337 e. The number of aromatic nitrogens is 3. The van der Waals surface area contributed by atoms with Crippen LogP contribution in [0.25, 0.3) is 5.69 Å². The quantitative estimate of drug-likeness (QED) is 0.276. The Balaban J connectivity index is 1.47. The van der Waals surface area contributed by atoms with E-state index in [-0.39, 0.29) is 11.7 Å². The molecule has 9 heteroatoms. The van der Waals surface area contributed by atoms with Gasteiger partial charge in [-0.3, -0.25) is 9.36 Å². The average molecular weight is 489 g/mol. The van der Waals surface area contributed by atoms with Gasteiger partial charge in [0.15, 0.2) is 5.16 Å². The van der Waals surface area contributed by atoms with Crippen molar-refractivity contribution < 1.29 is 19.1 Å². The number of para-hydroxylation sites is 1. The number of esters is 1. The van der Waals surface area contributed by atoms with Gasteiger partial charge in [-0.05, 0) is 54.1 Å². The van der Waals surface area contributed by atoms with E-state index in [1.165, 1.54) is 18.9 Å². The van der Waals surface area contributed by atoms with E-state index in [2.05, 4.69) is 15.5 Å². The third kappa shape index (κ3) is 6.07. The molecule has 0 spiro atoms. The van der Waals surface area contributed by atoms with Gasteiger partial charge < -0.3 is 14.8 Å². The standard InChI is InChI=1S/C26H24N4O4S/c1-33-22-14-8-18(9-15-22)16-23-28-29-26(30(23)21-6-4-3-5-7-21)35-17-24(31)27-20-12-10-19(11-13-20)25(32)34-2/h3-15H,16-17H2,1-2H3,(H,27,31). The topological polar surface area (TPSA) is 95.3 Å². The molecule has 8 nitrogen and oxygen atoms in total. The van der Waals surface area contributed by atoms with Crippen LogP contribution in [0.1, 0.15) is 21.7 Å². The van der Waals surface area contributed by atoms with Gasteiger partial charge in [0.25, 0.3) is 0 Å². The number of nitrogens with zero attached hydrogens (tertiary/aromatic N) is 3. The average Bonchev–Trinajstić information content (AvgIpc) is 3.30. The van der Waals surface area contributed by atoms with Gasteiger partial charge in [0.1, 0.15) is 11.6 Å². The molecule has 1 heterocycles. The number of nitrogens with one attached hydrogen (secondary N) is 1. The number of amides is 1. The summed E-state index contributed by atoms with van der Waals surface area (Å²) in [5.74, 6) is 1.08. The first-order chi connectivity index (χ1) is 17.1. The fourth-order valence-electron chi connectivity index (χ4n) is 3.41. The molecule has 1 aromatic heterocycles. The molecule has 0 radical (unpaired) electrons. The third-order valence-electron chi connectivity index (χ3n) is 5.16. The van der Waals surface area contributed by atoms with Gasteiger partial charge in [-0.2, -0.15) is 0 Å². The molecule has 3 aromatic carbocycles. The largest absolute Gasteiger partial charge is 0.497 e. The number of ether oxygens (including phenoxy) is 2. The predicted octanol–water partition coefficient (Wildman–Crippen LogP) is 4.38. The molecule has 178 valence electrons. The van der Waals surface area contributed by atoms with E-state index in [4.69, 9.17) is 9.47 Å². The van der Waals surface area contributed by atoms with E-state index in [1.807, 2.05) is 59.2 Å². The minimum Gasteiger partial charge on any atom is -0.497 e. The van der Waals surface area contributed by atoms with Crippen LogP contribution in [0.4, 0.5) is 5.69 Å². The first-order valence-corrected chi connectivity index (χ1v) is 11.8. The second-order valence-corrected chi connectivity index (χ2v) is 8.44. The second kappa shape index (κ2) is 11.3. The molecule has 4 aromatic rings. The van der Waals surface area contributed by atoms with Gasteiger partial charge >= 0.3 is 5.97 Å². The van der Waals surface area contributed by atoms with Crippen molar-refractivity contribution in [2.45, 2.75) is 11.6 Å². The van der Waals surface area contributed by atoms with Crippen molar-refractivity contribution >= 4 is 29.3 Å². The molecule has 0 saturated carbocycles. The number of hydrogen-bond acceptors (Lipinski definition) is 7. The van der Waals surface area contributed by atoms with E-state index < -0.39 is 5.97 Å². The Kier molecular flexibility index (Phi) is 7.79. The van der Waals surface area contributed by atoms with Crippen LogP contribution in [-0.2, 0) is 16.0 Å². The Labute approximate surface area is 207 Å². The molecule has 0 saturated heterocycles. The number of carbonyl (C=O) groups excluding carboxylic acids is 2. The zero-order valence-electron chi connectivity index (χ0n) is 19.3. The van der Waals surface area contributed by atoms with Gasteiger partial charge in [-0.25, -0.2) is 4.79 Å². The lowest BCUT2D eigenvalue weighted by Gasteiger charge is -2.11. The number of rotatable bonds is 9. The van der Waals surface area contributed by atoms with E-state index in [1.54, 1.807) is 31.4 Å². The van der Waals surface area contributed by atoms with Crippen LogP contribution in [0, 0.1) is 0 Å². The van der Waals surface area contributed by atoms with Crippen molar-refractivity contribution in [1.29, 1.82) is 0 Å². The van der Waals surface area contributed by atoms with Crippen LogP contribution >= 0.6 is 11.8 Å². The van der Waals surface area contributed by atoms with Crippen molar-refractivity contribution in [2.75, 3.05) is 25.3 Å². The molecule has 0 unspecified atom stereocenters. The smallest absolute Gasteiger partial charge is 0.337 e. The molecule has 35 heavy (non-hydrogen) atoms. The van der Waals surface area contributed by atoms with E-state index >= 15 is 0 Å². The summed E-state index contributed by atoms with van der Waals surface area (Å²) in [6.45, 7) is 0. The lowest BCUT2D eigenvalue weighted by molar-refractivity contribution is -0.113. The Morgan fingerprint density at radius 1 is 0.914 bits per heavy atom. The third-order valence-corrected chi connectivity index (χ3v) is 6.09. The maximum absolute atomic E-state index is 12.6. The Morgan fingerprint density at radius 3 is 2.29 bits per heavy atom. The van der Waals surface area contributed by atoms with Gasteiger partial charge in [-0.1, -0.05) is 42.1 Å². The highest BCUT2D eigenvalue weighted by Gasteiger charge is 2.16. The molecule has 0 fully saturated rings. The first-order valence-electron chi connectivity index (χ1n) is 10.8. The van der Waals surface area contributed by atoms with Gasteiger partial charge in [0, 0.05) is 17.8 Å². The second-order valence-electron chi connectivity index (χ2n) is 7.50. The van der Waals surface area contributed by atoms with Gasteiger partial charge in [0.2, 0.25) is 5.91 Å². The minimum atomic E-state index is -0.427. The number of thioether (sulfide) groups is 1. The molecule has 0 aliphatic heterocycles. The molecule has 1 N–H and O–H groups in total. The van der Waals surface area contributed by atoms with Crippen molar-refractivity contribution in [3.63, 3.8) is 0 Å². The summed E-state index contributed by atoms with van der Waals surface area (Å²) in [7, 11) is 2.96. The van der Waals surface area contributed by atoms with Crippen molar-refractivity contribution in [3.8, 4) is 11.4 Å². The Bertz CT molecular complexity index is 1290. The van der Waals surface area contributed by atoms with Gasteiger partial charge in [-0.15, -0.1) is 10.2 Å². The summed E-state index contributed by atoms with van der Waals surface area (Å²) in [6, 6.07) is 24.2. The fraction of sp³-hybridized carbons (Fsp3) is 0.154. The normalized spacial score (nSPS) is 10.6. The van der Waals surface area contributed by atoms with Crippen LogP contribution < -0.4 is 10.1 Å².